The molecule has 19 heavy (non-hydrogen) atoms. The summed E-state index contributed by atoms with van der Waals surface area (Å²) in [6.45, 7) is -0.0283. The predicted octanol–water partition coefficient (Wildman–Crippen LogP) is -0.388. The van der Waals surface area contributed by atoms with Crippen molar-refractivity contribution < 1.29 is 14.0 Å². The standard InChI is InChI=1S/C13H14FN3O2/c1-16-12(18)8-17-13(19)10-5-4-9(3-2-6-15)11(14)7-10/h4-5,7H,6,8,15H2,1H3,(H,16,18)(H,17,19). The lowest BCUT2D eigenvalue weighted by atomic mass is 10.1. The van der Waals surface area contributed by atoms with Gasteiger partial charge in [0.1, 0.15) is 5.82 Å². The van der Waals surface area contributed by atoms with E-state index in [9.17, 15) is 14.0 Å². The van der Waals surface area contributed by atoms with Crippen LogP contribution in [0.25, 0.3) is 0 Å². The Bertz CT molecular complexity index is 547. The fraction of sp³-hybridized carbons (Fsp3) is 0.231. The summed E-state index contributed by atoms with van der Waals surface area (Å²) in [4.78, 5) is 22.6. The number of amides is 2. The van der Waals surface area contributed by atoms with Gasteiger partial charge in [0.15, 0.2) is 0 Å². The highest BCUT2D eigenvalue weighted by molar-refractivity contribution is 5.96. The van der Waals surface area contributed by atoms with E-state index in [2.05, 4.69) is 22.5 Å². The molecular weight excluding hydrogens is 249 g/mol. The molecule has 0 aliphatic rings. The first-order valence-corrected chi connectivity index (χ1v) is 5.55. The molecule has 0 aromatic heterocycles. The molecule has 6 heteroatoms. The minimum atomic E-state index is -0.603. The third kappa shape index (κ3) is 4.41. The highest BCUT2D eigenvalue weighted by Gasteiger charge is 2.09. The number of likely N-dealkylation sites (N-methyl/N-ethyl adjacent to an activating group) is 1. The van der Waals surface area contributed by atoms with Gasteiger partial charge in [-0.1, -0.05) is 11.8 Å². The fourth-order valence-corrected chi connectivity index (χ4v) is 1.25. The van der Waals surface area contributed by atoms with Crippen LogP contribution in [-0.2, 0) is 4.79 Å². The number of carbonyl (C=O) groups is 2. The summed E-state index contributed by atoms with van der Waals surface area (Å²) < 4.78 is 13.6. The molecule has 0 aliphatic heterocycles. The summed E-state index contributed by atoms with van der Waals surface area (Å²) in [5.74, 6) is 3.61. The molecule has 0 atom stereocenters. The van der Waals surface area contributed by atoms with Crippen LogP contribution in [0, 0.1) is 17.7 Å². The van der Waals surface area contributed by atoms with E-state index in [4.69, 9.17) is 5.73 Å². The number of hydrogen-bond acceptors (Lipinski definition) is 3. The Balaban J connectivity index is 2.77. The lowest BCUT2D eigenvalue weighted by molar-refractivity contribution is -0.119. The van der Waals surface area contributed by atoms with Gasteiger partial charge in [0.25, 0.3) is 5.91 Å². The maximum absolute atomic E-state index is 13.6. The summed E-state index contributed by atoms with van der Waals surface area (Å²) >= 11 is 0. The number of nitrogens with two attached hydrogens (primary N) is 1. The number of halogens is 1. The van der Waals surface area contributed by atoms with Gasteiger partial charge < -0.3 is 16.4 Å². The largest absolute Gasteiger partial charge is 0.358 e. The fourth-order valence-electron chi connectivity index (χ4n) is 1.25. The Morgan fingerprint density at radius 1 is 1.42 bits per heavy atom. The topological polar surface area (TPSA) is 84.2 Å². The molecular formula is C13H14FN3O2. The van der Waals surface area contributed by atoms with E-state index in [1.165, 1.54) is 19.2 Å². The molecule has 0 heterocycles. The van der Waals surface area contributed by atoms with Crippen LogP contribution in [0.5, 0.6) is 0 Å². The van der Waals surface area contributed by atoms with Crippen molar-refractivity contribution in [2.45, 2.75) is 0 Å². The molecule has 2 amide bonds. The molecule has 0 fully saturated rings. The van der Waals surface area contributed by atoms with Gasteiger partial charge in [0.2, 0.25) is 5.91 Å². The van der Waals surface area contributed by atoms with E-state index >= 15 is 0 Å². The van der Waals surface area contributed by atoms with Crippen molar-refractivity contribution in [3.8, 4) is 11.8 Å². The first-order valence-electron chi connectivity index (χ1n) is 5.55. The number of rotatable bonds is 3. The summed E-state index contributed by atoms with van der Waals surface area (Å²) in [6.07, 6.45) is 0. The van der Waals surface area contributed by atoms with Crippen molar-refractivity contribution in [3.63, 3.8) is 0 Å². The first-order chi connectivity index (χ1) is 9.08. The molecule has 0 spiro atoms. The number of benzene rings is 1. The smallest absolute Gasteiger partial charge is 0.251 e. The predicted molar refractivity (Wildman–Crippen MR) is 68.7 cm³/mol. The molecule has 0 saturated heterocycles. The molecule has 1 aromatic carbocycles. The minimum absolute atomic E-state index is 0.125. The SMILES string of the molecule is CNC(=O)CNC(=O)c1ccc(C#CCN)c(F)c1. The average Bonchev–Trinajstić information content (AvgIpc) is 2.42. The minimum Gasteiger partial charge on any atom is -0.358 e. The van der Waals surface area contributed by atoms with E-state index in [0.29, 0.717) is 0 Å². The summed E-state index contributed by atoms with van der Waals surface area (Å²) in [5, 5.41) is 4.72. The van der Waals surface area contributed by atoms with Gasteiger partial charge in [0, 0.05) is 12.6 Å². The van der Waals surface area contributed by atoms with E-state index in [1.807, 2.05) is 0 Å². The maximum Gasteiger partial charge on any atom is 0.251 e. The van der Waals surface area contributed by atoms with Gasteiger partial charge in [-0.2, -0.15) is 0 Å². The Morgan fingerprint density at radius 2 is 2.16 bits per heavy atom. The highest BCUT2D eigenvalue weighted by atomic mass is 19.1. The summed E-state index contributed by atoms with van der Waals surface area (Å²) in [7, 11) is 1.46. The zero-order chi connectivity index (χ0) is 14.3. The molecule has 0 saturated carbocycles. The van der Waals surface area contributed by atoms with Crippen LogP contribution >= 0.6 is 0 Å². The number of nitrogens with one attached hydrogen (secondary N) is 2. The molecule has 5 nitrogen and oxygen atoms in total. The zero-order valence-corrected chi connectivity index (χ0v) is 10.4. The highest BCUT2D eigenvalue weighted by Crippen LogP contribution is 2.09. The zero-order valence-electron chi connectivity index (χ0n) is 10.4. The molecule has 1 aromatic rings. The second-order valence-electron chi connectivity index (χ2n) is 3.56. The first kappa shape index (κ1) is 14.7. The van der Waals surface area contributed by atoms with Crippen molar-refractivity contribution in [2.24, 2.45) is 5.73 Å². The second kappa shape index (κ2) is 7.13. The van der Waals surface area contributed by atoms with E-state index in [1.54, 1.807) is 0 Å². The average molecular weight is 263 g/mol. The van der Waals surface area contributed by atoms with E-state index < -0.39 is 11.7 Å². The summed E-state index contributed by atoms with van der Waals surface area (Å²) in [6, 6.07) is 3.90. The Kier molecular flexibility index (Phi) is 5.51. The normalized spacial score (nSPS) is 9.21. The quantitative estimate of drug-likeness (QED) is 0.649. The number of hydrogen-bond donors (Lipinski definition) is 3. The maximum atomic E-state index is 13.6. The Labute approximate surface area is 110 Å². The van der Waals surface area contributed by atoms with Gasteiger partial charge in [-0.15, -0.1) is 0 Å². The van der Waals surface area contributed by atoms with Gasteiger partial charge >= 0.3 is 0 Å². The van der Waals surface area contributed by atoms with Crippen LogP contribution in [0.3, 0.4) is 0 Å². The van der Waals surface area contributed by atoms with Gasteiger partial charge in [-0.3, -0.25) is 9.59 Å². The van der Waals surface area contributed by atoms with Crippen LogP contribution in [0.15, 0.2) is 18.2 Å². The summed E-state index contributed by atoms with van der Waals surface area (Å²) in [5.41, 5.74) is 5.49. The molecule has 0 unspecified atom stereocenters. The molecule has 100 valence electrons. The molecule has 0 radical (unpaired) electrons. The van der Waals surface area contributed by atoms with Crippen molar-refractivity contribution in [2.75, 3.05) is 20.1 Å². The Morgan fingerprint density at radius 3 is 2.74 bits per heavy atom. The van der Waals surface area contributed by atoms with Gasteiger partial charge in [0.05, 0.1) is 18.7 Å². The monoisotopic (exact) mass is 263 g/mol. The van der Waals surface area contributed by atoms with Crippen molar-refractivity contribution in [1.29, 1.82) is 0 Å². The number of carbonyl (C=O) groups excluding carboxylic acids is 2. The third-order valence-corrected chi connectivity index (χ3v) is 2.24. The lowest BCUT2D eigenvalue weighted by Crippen LogP contribution is -2.35. The third-order valence-electron chi connectivity index (χ3n) is 2.24. The van der Waals surface area contributed by atoms with Crippen molar-refractivity contribution >= 4 is 11.8 Å². The van der Waals surface area contributed by atoms with Crippen LogP contribution in [0.1, 0.15) is 15.9 Å². The second-order valence-corrected chi connectivity index (χ2v) is 3.56. The molecule has 0 aliphatic carbocycles. The van der Waals surface area contributed by atoms with Crippen LogP contribution in [0.4, 0.5) is 4.39 Å². The van der Waals surface area contributed by atoms with Crippen molar-refractivity contribution in [1.82, 2.24) is 10.6 Å². The van der Waals surface area contributed by atoms with Crippen LogP contribution in [-0.4, -0.2) is 32.0 Å². The lowest BCUT2D eigenvalue weighted by Gasteiger charge is -2.05. The van der Waals surface area contributed by atoms with E-state index in [-0.39, 0.29) is 30.1 Å². The van der Waals surface area contributed by atoms with Gasteiger partial charge in [-0.05, 0) is 18.2 Å². The van der Waals surface area contributed by atoms with Crippen LogP contribution < -0.4 is 16.4 Å². The molecule has 4 N–H and O–H groups in total. The van der Waals surface area contributed by atoms with Crippen LogP contribution in [0.2, 0.25) is 0 Å². The Hall–Kier alpha value is -2.39. The molecule has 0 bridgehead atoms. The van der Waals surface area contributed by atoms with Crippen molar-refractivity contribution in [3.05, 3.63) is 35.1 Å². The van der Waals surface area contributed by atoms with E-state index in [0.717, 1.165) is 6.07 Å². The van der Waals surface area contributed by atoms with Gasteiger partial charge in [-0.25, -0.2) is 4.39 Å². The molecule has 1 rings (SSSR count).